The second-order valence-electron chi connectivity index (χ2n) is 7.15. The van der Waals surface area contributed by atoms with Gasteiger partial charge in [-0.1, -0.05) is 47.6 Å². The third-order valence-electron chi connectivity index (χ3n) is 3.31. The average Bonchev–Trinajstić information content (AvgIpc) is 2.25. The molecule has 0 saturated heterocycles. The maximum Gasteiger partial charge on any atom is 0.123 e. The van der Waals surface area contributed by atoms with E-state index in [2.05, 4.69) is 48.1 Å². The summed E-state index contributed by atoms with van der Waals surface area (Å²) >= 11 is 0. The molecule has 19 heavy (non-hydrogen) atoms. The van der Waals surface area contributed by atoms with Gasteiger partial charge >= 0.3 is 0 Å². The summed E-state index contributed by atoms with van der Waals surface area (Å²) in [6.45, 7) is 16.0. The highest BCUT2D eigenvalue weighted by molar-refractivity contribution is 5.50. The minimum Gasteiger partial charge on any atom is -0.507 e. The van der Waals surface area contributed by atoms with Crippen LogP contribution < -0.4 is 0 Å². The molecule has 0 radical (unpaired) electrons. The lowest BCUT2D eigenvalue weighted by Gasteiger charge is -2.28. The Bertz CT molecular complexity index is 438. The van der Waals surface area contributed by atoms with Gasteiger partial charge in [-0.15, -0.1) is 6.58 Å². The Labute approximate surface area is 116 Å². The Morgan fingerprint density at radius 1 is 1.00 bits per heavy atom. The molecule has 0 fully saturated rings. The largest absolute Gasteiger partial charge is 0.507 e. The molecule has 0 spiro atoms. The summed E-state index contributed by atoms with van der Waals surface area (Å²) in [6.07, 6.45) is 0.799. The lowest BCUT2D eigenvalue weighted by molar-refractivity contribution is 0.228. The van der Waals surface area contributed by atoms with E-state index in [9.17, 15) is 10.2 Å². The van der Waals surface area contributed by atoms with Gasteiger partial charge in [0.1, 0.15) is 5.75 Å². The first-order valence-corrected chi connectivity index (χ1v) is 6.67. The fraction of sp³-hybridized carbons (Fsp3) is 0.529. The number of aliphatic hydroxyl groups excluding tert-OH is 1. The molecule has 1 atom stereocenters. The standard InChI is InChI=1S/C17H26O2/c1-8-14(18)11-9-12(16(2,3)4)15(19)13(10-11)17(5,6)7/h8-10,14,18-19H,1H2,2-7H3/t14-/m0/s1. The number of benzene rings is 1. The van der Waals surface area contributed by atoms with Crippen molar-refractivity contribution < 1.29 is 10.2 Å². The van der Waals surface area contributed by atoms with Crippen LogP contribution in [0.15, 0.2) is 24.8 Å². The van der Waals surface area contributed by atoms with Crippen LogP contribution in [0.3, 0.4) is 0 Å². The molecule has 2 heteroatoms. The van der Waals surface area contributed by atoms with Crippen molar-refractivity contribution in [1.29, 1.82) is 0 Å². The van der Waals surface area contributed by atoms with Crippen molar-refractivity contribution in [3.05, 3.63) is 41.5 Å². The summed E-state index contributed by atoms with van der Waals surface area (Å²) in [5.41, 5.74) is 2.14. The van der Waals surface area contributed by atoms with Crippen LogP contribution in [-0.4, -0.2) is 10.2 Å². The van der Waals surface area contributed by atoms with Gasteiger partial charge in [0.05, 0.1) is 6.10 Å². The number of hydrogen-bond acceptors (Lipinski definition) is 2. The van der Waals surface area contributed by atoms with Gasteiger partial charge in [-0.3, -0.25) is 0 Å². The predicted molar refractivity (Wildman–Crippen MR) is 80.7 cm³/mol. The van der Waals surface area contributed by atoms with Crippen LogP contribution in [0, 0.1) is 0 Å². The Kier molecular flexibility index (Phi) is 4.16. The maximum atomic E-state index is 10.5. The molecule has 0 amide bonds. The Morgan fingerprint density at radius 3 is 1.63 bits per heavy atom. The summed E-state index contributed by atoms with van der Waals surface area (Å²) in [4.78, 5) is 0. The number of aromatic hydroxyl groups is 1. The zero-order valence-corrected chi connectivity index (χ0v) is 12.9. The predicted octanol–water partition coefficient (Wildman–Crippen LogP) is 4.21. The molecule has 1 rings (SSSR count). The molecule has 0 aliphatic rings. The highest BCUT2D eigenvalue weighted by Crippen LogP contribution is 2.40. The number of aliphatic hydroxyl groups is 1. The average molecular weight is 262 g/mol. The van der Waals surface area contributed by atoms with Crippen LogP contribution in [0.5, 0.6) is 5.75 Å². The number of phenols is 1. The van der Waals surface area contributed by atoms with Gasteiger partial charge in [-0.2, -0.15) is 0 Å². The molecule has 1 aromatic carbocycles. The fourth-order valence-electron chi connectivity index (χ4n) is 2.11. The van der Waals surface area contributed by atoms with Gasteiger partial charge in [-0.25, -0.2) is 0 Å². The molecular formula is C17H26O2. The molecular weight excluding hydrogens is 236 g/mol. The van der Waals surface area contributed by atoms with E-state index in [1.165, 1.54) is 6.08 Å². The van der Waals surface area contributed by atoms with Crippen LogP contribution in [0.1, 0.15) is 64.3 Å². The molecule has 0 bridgehead atoms. The Balaban J connectivity index is 3.62. The lowest BCUT2D eigenvalue weighted by atomic mass is 9.78. The Morgan fingerprint density at radius 2 is 1.37 bits per heavy atom. The van der Waals surface area contributed by atoms with E-state index in [0.717, 1.165) is 16.7 Å². The van der Waals surface area contributed by atoms with Crippen LogP contribution in [0.4, 0.5) is 0 Å². The van der Waals surface area contributed by atoms with E-state index >= 15 is 0 Å². The first-order chi connectivity index (χ1) is 8.48. The zero-order valence-electron chi connectivity index (χ0n) is 12.9. The lowest BCUT2D eigenvalue weighted by Crippen LogP contribution is -2.18. The molecule has 0 aliphatic carbocycles. The van der Waals surface area contributed by atoms with Crippen molar-refractivity contribution in [2.24, 2.45) is 0 Å². The molecule has 2 nitrogen and oxygen atoms in total. The molecule has 0 unspecified atom stereocenters. The Hall–Kier alpha value is -1.28. The van der Waals surface area contributed by atoms with Crippen molar-refractivity contribution in [2.75, 3.05) is 0 Å². The second-order valence-corrected chi connectivity index (χ2v) is 7.15. The monoisotopic (exact) mass is 262 g/mol. The van der Waals surface area contributed by atoms with Gasteiger partial charge in [0.15, 0.2) is 0 Å². The van der Waals surface area contributed by atoms with Crippen molar-refractivity contribution in [3.63, 3.8) is 0 Å². The van der Waals surface area contributed by atoms with Crippen LogP contribution >= 0.6 is 0 Å². The minimum atomic E-state index is -0.706. The molecule has 0 heterocycles. The summed E-state index contributed by atoms with van der Waals surface area (Å²) in [5.74, 6) is 0.333. The molecule has 0 aliphatic heterocycles. The van der Waals surface area contributed by atoms with Gasteiger partial charge in [0.25, 0.3) is 0 Å². The van der Waals surface area contributed by atoms with E-state index in [-0.39, 0.29) is 10.8 Å². The number of rotatable bonds is 2. The quantitative estimate of drug-likeness (QED) is 0.784. The van der Waals surface area contributed by atoms with Gasteiger partial charge in [-0.05, 0) is 39.7 Å². The van der Waals surface area contributed by atoms with E-state index in [1.807, 2.05) is 12.1 Å². The topological polar surface area (TPSA) is 40.5 Å². The normalized spacial score (nSPS) is 14.3. The third kappa shape index (κ3) is 3.38. The smallest absolute Gasteiger partial charge is 0.123 e. The van der Waals surface area contributed by atoms with E-state index in [4.69, 9.17) is 0 Å². The summed E-state index contributed by atoms with van der Waals surface area (Å²) in [6, 6.07) is 3.74. The summed E-state index contributed by atoms with van der Waals surface area (Å²) in [7, 11) is 0. The summed E-state index contributed by atoms with van der Waals surface area (Å²) < 4.78 is 0. The molecule has 0 aromatic heterocycles. The first-order valence-electron chi connectivity index (χ1n) is 6.67. The van der Waals surface area contributed by atoms with Gasteiger partial charge in [0.2, 0.25) is 0 Å². The highest BCUT2D eigenvalue weighted by Gasteiger charge is 2.27. The van der Waals surface area contributed by atoms with E-state index in [0.29, 0.717) is 5.75 Å². The van der Waals surface area contributed by atoms with E-state index in [1.54, 1.807) is 0 Å². The minimum absolute atomic E-state index is 0.180. The van der Waals surface area contributed by atoms with Crippen molar-refractivity contribution in [2.45, 2.75) is 58.5 Å². The third-order valence-corrected chi connectivity index (χ3v) is 3.31. The molecule has 0 saturated carbocycles. The van der Waals surface area contributed by atoms with Gasteiger partial charge < -0.3 is 10.2 Å². The second kappa shape index (κ2) is 5.01. The highest BCUT2D eigenvalue weighted by atomic mass is 16.3. The zero-order chi connectivity index (χ0) is 15.0. The van der Waals surface area contributed by atoms with Crippen LogP contribution in [-0.2, 0) is 10.8 Å². The first kappa shape index (κ1) is 15.8. The van der Waals surface area contributed by atoms with E-state index < -0.39 is 6.10 Å². The van der Waals surface area contributed by atoms with Crippen LogP contribution in [0.2, 0.25) is 0 Å². The van der Waals surface area contributed by atoms with Crippen molar-refractivity contribution in [3.8, 4) is 5.75 Å². The SMILES string of the molecule is C=C[C@H](O)c1cc(C(C)(C)C)c(O)c(C(C)(C)C)c1. The molecule has 1 aromatic rings. The number of hydrogen-bond donors (Lipinski definition) is 2. The molecule has 2 N–H and O–H groups in total. The van der Waals surface area contributed by atoms with Gasteiger partial charge in [0, 0.05) is 0 Å². The number of phenolic OH excluding ortho intramolecular Hbond substituents is 1. The van der Waals surface area contributed by atoms with Crippen LogP contribution in [0.25, 0.3) is 0 Å². The van der Waals surface area contributed by atoms with Crippen molar-refractivity contribution >= 4 is 0 Å². The maximum absolute atomic E-state index is 10.5. The molecule has 106 valence electrons. The summed E-state index contributed by atoms with van der Waals surface area (Å²) in [5, 5.41) is 20.5. The fourth-order valence-corrected chi connectivity index (χ4v) is 2.11. The van der Waals surface area contributed by atoms with Crippen molar-refractivity contribution in [1.82, 2.24) is 0 Å².